The molecule has 0 aliphatic carbocycles. The normalized spacial score (nSPS) is 18.8. The average Bonchev–Trinajstić information content (AvgIpc) is 2.66. The van der Waals surface area contributed by atoms with Gasteiger partial charge in [-0.05, 0) is 68.1 Å². The van der Waals surface area contributed by atoms with Crippen LogP contribution in [-0.4, -0.2) is 38.3 Å². The molecule has 25 heavy (non-hydrogen) atoms. The van der Waals surface area contributed by atoms with Gasteiger partial charge >= 0.3 is 5.97 Å². The Morgan fingerprint density at radius 1 is 1.28 bits per heavy atom. The number of esters is 1. The summed E-state index contributed by atoms with van der Waals surface area (Å²) in [5.41, 5.74) is 1.19. The number of fused-ring (bicyclic) bond motifs is 1. The summed E-state index contributed by atoms with van der Waals surface area (Å²) in [6, 6.07) is 14.3. The van der Waals surface area contributed by atoms with Crippen LogP contribution < -0.4 is 10.6 Å². The van der Waals surface area contributed by atoms with Gasteiger partial charge in [-0.15, -0.1) is 0 Å². The van der Waals surface area contributed by atoms with Gasteiger partial charge in [0, 0.05) is 0 Å². The first kappa shape index (κ1) is 17.9. The van der Waals surface area contributed by atoms with Crippen LogP contribution in [0.25, 0.3) is 10.8 Å². The van der Waals surface area contributed by atoms with Crippen LogP contribution in [0.2, 0.25) is 0 Å². The lowest BCUT2D eigenvalue weighted by Gasteiger charge is -2.25. The predicted molar refractivity (Wildman–Crippen MR) is 102 cm³/mol. The van der Waals surface area contributed by atoms with Crippen LogP contribution >= 0.6 is 0 Å². The minimum absolute atomic E-state index is 0.154. The van der Waals surface area contributed by atoms with Gasteiger partial charge in [0.25, 0.3) is 0 Å². The Kier molecular flexibility index (Phi) is 6.42. The van der Waals surface area contributed by atoms with Crippen molar-refractivity contribution >= 4 is 16.7 Å². The molecule has 0 saturated carbocycles. The Bertz CT molecular complexity index is 690. The summed E-state index contributed by atoms with van der Waals surface area (Å²) < 4.78 is 5.31. The molecule has 0 spiro atoms. The summed E-state index contributed by atoms with van der Waals surface area (Å²) >= 11 is 0. The van der Waals surface area contributed by atoms with Gasteiger partial charge in [0.05, 0.1) is 6.61 Å². The van der Waals surface area contributed by atoms with Gasteiger partial charge < -0.3 is 15.4 Å². The van der Waals surface area contributed by atoms with Crippen LogP contribution in [0.1, 0.15) is 25.3 Å². The van der Waals surface area contributed by atoms with Gasteiger partial charge in [0.15, 0.2) is 0 Å². The van der Waals surface area contributed by atoms with E-state index in [1.807, 2.05) is 19.1 Å². The largest absolute Gasteiger partial charge is 0.465 e. The molecule has 0 aromatic heterocycles. The molecule has 0 radical (unpaired) electrons. The van der Waals surface area contributed by atoms with Gasteiger partial charge in [-0.2, -0.15) is 0 Å². The number of hydrogen-bond donors (Lipinski definition) is 2. The van der Waals surface area contributed by atoms with E-state index in [1.54, 1.807) is 0 Å². The van der Waals surface area contributed by atoms with E-state index in [1.165, 1.54) is 29.2 Å². The van der Waals surface area contributed by atoms with Gasteiger partial charge in [-0.3, -0.25) is 4.79 Å². The van der Waals surface area contributed by atoms with Crippen molar-refractivity contribution in [1.29, 1.82) is 0 Å². The molecule has 1 saturated heterocycles. The zero-order valence-corrected chi connectivity index (χ0v) is 15.0. The summed E-state index contributed by atoms with van der Waals surface area (Å²) in [6.45, 7) is 5.25. The lowest BCUT2D eigenvalue weighted by molar-refractivity contribution is -0.145. The molecule has 3 rings (SSSR count). The first-order valence-corrected chi connectivity index (χ1v) is 9.35. The number of hydrogen-bond acceptors (Lipinski definition) is 4. The van der Waals surface area contributed by atoms with Crippen LogP contribution in [0.15, 0.2) is 42.5 Å². The Labute approximate surface area is 149 Å². The number of nitrogens with one attached hydrogen (secondary N) is 2. The maximum atomic E-state index is 12.5. The van der Waals surface area contributed by atoms with Crippen LogP contribution in [0, 0.1) is 5.92 Å². The maximum Gasteiger partial charge on any atom is 0.323 e. The molecule has 4 heteroatoms. The Morgan fingerprint density at radius 3 is 2.92 bits per heavy atom. The fourth-order valence-corrected chi connectivity index (χ4v) is 3.58. The van der Waals surface area contributed by atoms with E-state index in [9.17, 15) is 4.79 Å². The number of carbonyl (C=O) groups is 1. The fourth-order valence-electron chi connectivity index (χ4n) is 3.58. The monoisotopic (exact) mass is 340 g/mol. The number of rotatable bonds is 7. The van der Waals surface area contributed by atoms with Crippen molar-refractivity contribution in [2.75, 3.05) is 26.2 Å². The quantitative estimate of drug-likeness (QED) is 0.761. The minimum atomic E-state index is -0.298. The second-order valence-electron chi connectivity index (χ2n) is 6.77. The molecule has 4 nitrogen and oxygen atoms in total. The van der Waals surface area contributed by atoms with Crippen molar-refractivity contribution < 1.29 is 9.53 Å². The molecule has 134 valence electrons. The Hall–Kier alpha value is -1.91. The van der Waals surface area contributed by atoms with Crippen LogP contribution in [0.4, 0.5) is 0 Å². The zero-order valence-electron chi connectivity index (χ0n) is 15.0. The van der Waals surface area contributed by atoms with Crippen molar-refractivity contribution in [2.45, 2.75) is 32.2 Å². The fraction of sp³-hybridized carbons (Fsp3) is 0.476. The summed E-state index contributed by atoms with van der Waals surface area (Å²) in [5, 5.41) is 9.32. The van der Waals surface area contributed by atoms with E-state index >= 15 is 0 Å². The molecular formula is C21H28N2O2. The molecule has 0 amide bonds. The van der Waals surface area contributed by atoms with E-state index in [2.05, 4.69) is 41.0 Å². The van der Waals surface area contributed by atoms with Gasteiger partial charge in [-0.25, -0.2) is 0 Å². The van der Waals surface area contributed by atoms with E-state index in [0.29, 0.717) is 18.9 Å². The van der Waals surface area contributed by atoms with Crippen molar-refractivity contribution in [2.24, 2.45) is 5.92 Å². The van der Waals surface area contributed by atoms with Gasteiger partial charge in [0.2, 0.25) is 0 Å². The molecule has 1 fully saturated rings. The van der Waals surface area contributed by atoms with Crippen LogP contribution in [-0.2, 0) is 16.0 Å². The molecule has 2 aromatic carbocycles. The summed E-state index contributed by atoms with van der Waals surface area (Å²) in [7, 11) is 0. The second-order valence-corrected chi connectivity index (χ2v) is 6.77. The van der Waals surface area contributed by atoms with Gasteiger partial charge in [-0.1, -0.05) is 42.5 Å². The molecule has 0 bridgehead atoms. The molecule has 1 heterocycles. The minimum Gasteiger partial charge on any atom is -0.465 e. The zero-order chi connectivity index (χ0) is 17.5. The molecule has 2 unspecified atom stereocenters. The second kappa shape index (κ2) is 8.97. The van der Waals surface area contributed by atoms with Crippen LogP contribution in [0.3, 0.4) is 0 Å². The first-order valence-electron chi connectivity index (χ1n) is 9.35. The highest BCUT2D eigenvalue weighted by Gasteiger charge is 2.23. The number of ether oxygens (including phenoxy) is 1. The summed E-state index contributed by atoms with van der Waals surface area (Å²) in [6.07, 6.45) is 3.07. The summed E-state index contributed by atoms with van der Waals surface area (Å²) in [5.74, 6) is 0.428. The highest BCUT2D eigenvalue weighted by molar-refractivity contribution is 5.86. The molecule has 2 aromatic rings. The molecule has 1 aliphatic heterocycles. The average molecular weight is 340 g/mol. The predicted octanol–water partition coefficient (Wildman–Crippen LogP) is 2.90. The van der Waals surface area contributed by atoms with E-state index in [4.69, 9.17) is 4.74 Å². The SMILES string of the molecule is CCOC(=O)C(Cc1cccc2ccccc12)NCC1CCCNC1. The first-order chi connectivity index (χ1) is 12.3. The van der Waals surface area contributed by atoms with Crippen LogP contribution in [0.5, 0.6) is 0 Å². The standard InChI is InChI=1S/C21H28N2O2/c1-2-25-21(24)20(23-15-16-7-6-12-22-14-16)13-18-10-5-9-17-8-3-4-11-19(17)18/h3-5,8-11,16,20,22-23H,2,6-7,12-15H2,1H3. The number of carbonyl (C=O) groups excluding carboxylic acids is 1. The molecule has 2 N–H and O–H groups in total. The van der Waals surface area contributed by atoms with Crippen molar-refractivity contribution in [1.82, 2.24) is 10.6 Å². The highest BCUT2D eigenvalue weighted by atomic mass is 16.5. The smallest absolute Gasteiger partial charge is 0.323 e. The maximum absolute atomic E-state index is 12.5. The van der Waals surface area contributed by atoms with Crippen molar-refractivity contribution in [3.05, 3.63) is 48.0 Å². The van der Waals surface area contributed by atoms with E-state index in [0.717, 1.165) is 19.6 Å². The summed E-state index contributed by atoms with van der Waals surface area (Å²) in [4.78, 5) is 12.5. The lowest BCUT2D eigenvalue weighted by Crippen LogP contribution is -2.45. The number of piperidine rings is 1. The van der Waals surface area contributed by atoms with Crippen molar-refractivity contribution in [3.8, 4) is 0 Å². The molecule has 1 aliphatic rings. The van der Waals surface area contributed by atoms with Crippen molar-refractivity contribution in [3.63, 3.8) is 0 Å². The van der Waals surface area contributed by atoms with E-state index < -0.39 is 0 Å². The third-order valence-corrected chi connectivity index (χ3v) is 4.93. The highest BCUT2D eigenvalue weighted by Crippen LogP contribution is 2.20. The number of benzene rings is 2. The lowest BCUT2D eigenvalue weighted by atomic mass is 9.97. The molecular weight excluding hydrogens is 312 g/mol. The third-order valence-electron chi connectivity index (χ3n) is 4.93. The third kappa shape index (κ3) is 4.80. The molecule has 2 atom stereocenters. The van der Waals surface area contributed by atoms with Gasteiger partial charge in [0.1, 0.15) is 6.04 Å². The van der Waals surface area contributed by atoms with E-state index in [-0.39, 0.29) is 12.0 Å². The topological polar surface area (TPSA) is 50.4 Å². The Balaban J connectivity index is 1.73. The Morgan fingerprint density at radius 2 is 2.12 bits per heavy atom.